The van der Waals surface area contributed by atoms with Crippen molar-refractivity contribution in [3.05, 3.63) is 59.9 Å². The Labute approximate surface area is 194 Å². The first kappa shape index (κ1) is 22.6. The molecule has 1 fully saturated rings. The van der Waals surface area contributed by atoms with Gasteiger partial charge in [-0.2, -0.15) is 13.2 Å². The van der Waals surface area contributed by atoms with Gasteiger partial charge in [-0.05, 0) is 37.2 Å². The van der Waals surface area contributed by atoms with Crippen molar-refractivity contribution < 1.29 is 27.5 Å². The SMILES string of the molecule is O=C1CC2(CCN(CCCn3cc(C(=O)C(F)(F)F)c4cccnc43)CC2)Oc2ccccc21. The lowest BCUT2D eigenvalue weighted by Crippen LogP contribution is -2.51. The van der Waals surface area contributed by atoms with Crippen molar-refractivity contribution in [3.8, 4) is 5.75 Å². The number of ketones is 2. The number of piperidine rings is 1. The monoisotopic (exact) mass is 471 g/mol. The van der Waals surface area contributed by atoms with Crippen LogP contribution in [0.3, 0.4) is 0 Å². The number of pyridine rings is 1. The van der Waals surface area contributed by atoms with Crippen molar-refractivity contribution >= 4 is 22.6 Å². The van der Waals surface area contributed by atoms with Crippen LogP contribution < -0.4 is 4.74 Å². The van der Waals surface area contributed by atoms with Crippen LogP contribution in [0.5, 0.6) is 5.75 Å². The summed E-state index contributed by atoms with van der Waals surface area (Å²) in [6, 6.07) is 10.4. The number of para-hydroxylation sites is 1. The fourth-order valence-electron chi connectivity index (χ4n) is 5.00. The zero-order valence-corrected chi connectivity index (χ0v) is 18.5. The second-order valence-electron chi connectivity index (χ2n) is 9.01. The topological polar surface area (TPSA) is 64.4 Å². The smallest absolute Gasteiger partial charge is 0.454 e. The molecule has 0 unspecified atom stereocenters. The molecule has 5 rings (SSSR count). The number of rotatable bonds is 5. The van der Waals surface area contributed by atoms with Crippen LogP contribution in [-0.2, 0) is 6.54 Å². The van der Waals surface area contributed by atoms with E-state index in [1.165, 1.54) is 24.5 Å². The Morgan fingerprint density at radius 1 is 1.09 bits per heavy atom. The molecule has 6 nitrogen and oxygen atoms in total. The fourth-order valence-corrected chi connectivity index (χ4v) is 5.00. The van der Waals surface area contributed by atoms with E-state index in [0.717, 1.165) is 32.5 Å². The van der Waals surface area contributed by atoms with Gasteiger partial charge in [-0.3, -0.25) is 9.59 Å². The number of aryl methyl sites for hydroxylation is 1. The molecule has 0 amide bonds. The highest BCUT2D eigenvalue weighted by Crippen LogP contribution is 2.39. The highest BCUT2D eigenvalue weighted by atomic mass is 19.4. The molecule has 0 atom stereocenters. The Hall–Kier alpha value is -3.20. The summed E-state index contributed by atoms with van der Waals surface area (Å²) in [5, 5.41) is 0.212. The van der Waals surface area contributed by atoms with E-state index in [4.69, 9.17) is 4.74 Å². The molecule has 2 aliphatic rings. The highest BCUT2D eigenvalue weighted by molar-refractivity contribution is 6.10. The van der Waals surface area contributed by atoms with E-state index < -0.39 is 17.6 Å². The van der Waals surface area contributed by atoms with Crippen LogP contribution >= 0.6 is 0 Å². The number of aromatic nitrogens is 2. The number of ether oxygens (including phenoxy) is 1. The summed E-state index contributed by atoms with van der Waals surface area (Å²) in [6.45, 7) is 2.74. The summed E-state index contributed by atoms with van der Waals surface area (Å²) in [4.78, 5) is 30.9. The zero-order chi connectivity index (χ0) is 23.9. The van der Waals surface area contributed by atoms with Gasteiger partial charge in [-0.1, -0.05) is 12.1 Å². The van der Waals surface area contributed by atoms with Gasteiger partial charge in [0.2, 0.25) is 0 Å². The third kappa shape index (κ3) is 4.20. The molecule has 9 heteroatoms. The largest absolute Gasteiger partial charge is 0.486 e. The lowest BCUT2D eigenvalue weighted by Gasteiger charge is -2.44. The first-order valence-electron chi connectivity index (χ1n) is 11.3. The minimum atomic E-state index is -4.93. The third-order valence-electron chi connectivity index (χ3n) is 6.77. The van der Waals surface area contributed by atoms with Gasteiger partial charge in [0.25, 0.3) is 5.78 Å². The Morgan fingerprint density at radius 3 is 2.62 bits per heavy atom. The first-order valence-corrected chi connectivity index (χ1v) is 11.3. The predicted molar refractivity (Wildman–Crippen MR) is 119 cm³/mol. The van der Waals surface area contributed by atoms with Crippen molar-refractivity contribution in [2.75, 3.05) is 19.6 Å². The summed E-state index contributed by atoms with van der Waals surface area (Å²) >= 11 is 0. The molecule has 2 aliphatic heterocycles. The molecule has 0 N–H and O–H groups in total. The van der Waals surface area contributed by atoms with Crippen LogP contribution in [0.15, 0.2) is 48.8 Å². The zero-order valence-electron chi connectivity index (χ0n) is 18.5. The summed E-state index contributed by atoms with van der Waals surface area (Å²) in [6.07, 6.45) is 0.398. The lowest BCUT2D eigenvalue weighted by atomic mass is 9.82. The van der Waals surface area contributed by atoms with Crippen LogP contribution in [0, 0.1) is 0 Å². The number of alkyl halides is 3. The standard InChI is InChI=1S/C25H24F3N3O3/c26-25(27,28)22(33)19-16-31(23-17(19)6-3-10-29-23)12-4-11-30-13-8-24(9-14-30)15-20(32)18-5-1-2-7-21(18)34-24/h1-3,5-7,10,16H,4,8-9,11-15H2. The number of fused-ring (bicyclic) bond motifs is 2. The molecule has 1 spiro atoms. The van der Waals surface area contributed by atoms with E-state index in [9.17, 15) is 22.8 Å². The summed E-state index contributed by atoms with van der Waals surface area (Å²) in [5.74, 6) is -1.08. The van der Waals surface area contributed by atoms with Crippen molar-refractivity contribution in [2.24, 2.45) is 0 Å². The van der Waals surface area contributed by atoms with E-state index in [0.29, 0.717) is 36.3 Å². The van der Waals surface area contributed by atoms with Crippen molar-refractivity contribution in [2.45, 2.75) is 44.0 Å². The first-order chi connectivity index (χ1) is 16.3. The van der Waals surface area contributed by atoms with Crippen LogP contribution in [-0.4, -0.2) is 57.4 Å². The Morgan fingerprint density at radius 2 is 1.85 bits per heavy atom. The van der Waals surface area contributed by atoms with Gasteiger partial charge in [0, 0.05) is 50.3 Å². The molecular formula is C25H24F3N3O3. The average Bonchev–Trinajstić information content (AvgIpc) is 3.18. The quantitative estimate of drug-likeness (QED) is 0.506. The van der Waals surface area contributed by atoms with Crippen LogP contribution in [0.2, 0.25) is 0 Å². The maximum atomic E-state index is 13.0. The lowest BCUT2D eigenvalue weighted by molar-refractivity contribution is -0.0884. The molecular weight excluding hydrogens is 447 g/mol. The molecule has 1 saturated heterocycles. The summed E-state index contributed by atoms with van der Waals surface area (Å²) in [7, 11) is 0. The highest BCUT2D eigenvalue weighted by Gasteiger charge is 2.43. The number of likely N-dealkylation sites (tertiary alicyclic amines) is 1. The van der Waals surface area contributed by atoms with Gasteiger partial charge in [-0.25, -0.2) is 4.98 Å². The number of Topliss-reactive ketones (excluding diaryl/α,β-unsaturated/α-hetero) is 2. The van der Waals surface area contributed by atoms with Crippen LogP contribution in [0.25, 0.3) is 11.0 Å². The Bertz CT molecular complexity index is 1240. The maximum Gasteiger partial charge on any atom is 0.454 e. The van der Waals surface area contributed by atoms with Gasteiger partial charge in [-0.15, -0.1) is 0 Å². The number of hydrogen-bond acceptors (Lipinski definition) is 5. The summed E-state index contributed by atoms with van der Waals surface area (Å²) in [5.41, 5.74) is 0.192. The summed E-state index contributed by atoms with van der Waals surface area (Å²) < 4.78 is 46.9. The van der Waals surface area contributed by atoms with Gasteiger partial charge in [0.15, 0.2) is 5.78 Å². The maximum absolute atomic E-state index is 13.0. The van der Waals surface area contributed by atoms with Gasteiger partial charge in [0.05, 0.1) is 17.5 Å². The number of carbonyl (C=O) groups excluding carboxylic acids is 2. The van der Waals surface area contributed by atoms with Crippen LogP contribution in [0.4, 0.5) is 13.2 Å². The van der Waals surface area contributed by atoms with Crippen molar-refractivity contribution in [1.29, 1.82) is 0 Å². The van der Waals surface area contributed by atoms with Crippen molar-refractivity contribution in [1.82, 2.24) is 14.5 Å². The second-order valence-corrected chi connectivity index (χ2v) is 9.01. The van der Waals surface area contributed by atoms with Crippen molar-refractivity contribution in [3.63, 3.8) is 0 Å². The molecule has 0 saturated carbocycles. The second kappa shape index (κ2) is 8.54. The normalized spacial score (nSPS) is 18.1. The molecule has 0 bridgehead atoms. The fraction of sp³-hybridized carbons (Fsp3) is 0.400. The number of halogens is 3. The molecule has 178 valence electrons. The number of nitrogens with zero attached hydrogens (tertiary/aromatic N) is 3. The van der Waals surface area contributed by atoms with Gasteiger partial charge in [0.1, 0.15) is 17.0 Å². The molecule has 1 aromatic carbocycles. The van der Waals surface area contributed by atoms with E-state index in [1.807, 2.05) is 18.2 Å². The molecule has 0 radical (unpaired) electrons. The van der Waals surface area contributed by atoms with E-state index >= 15 is 0 Å². The van der Waals surface area contributed by atoms with E-state index in [1.54, 1.807) is 10.6 Å². The third-order valence-corrected chi connectivity index (χ3v) is 6.77. The molecule has 3 aromatic rings. The number of hydrogen-bond donors (Lipinski definition) is 0. The number of benzene rings is 1. The van der Waals surface area contributed by atoms with Crippen LogP contribution in [0.1, 0.15) is 46.4 Å². The van der Waals surface area contributed by atoms with Gasteiger partial charge >= 0.3 is 6.18 Å². The van der Waals surface area contributed by atoms with Gasteiger partial charge < -0.3 is 14.2 Å². The molecule has 34 heavy (non-hydrogen) atoms. The minimum Gasteiger partial charge on any atom is -0.486 e. The molecule has 0 aliphatic carbocycles. The predicted octanol–water partition coefficient (Wildman–Crippen LogP) is 4.67. The minimum absolute atomic E-state index is 0.117. The van der Waals surface area contributed by atoms with E-state index in [2.05, 4.69) is 9.88 Å². The molecule has 2 aromatic heterocycles. The molecule has 4 heterocycles. The average molecular weight is 471 g/mol. The van der Waals surface area contributed by atoms with E-state index in [-0.39, 0.29) is 16.7 Å². The number of carbonyl (C=O) groups is 2. The Balaban J connectivity index is 1.20. The Kier molecular flexibility index (Phi) is 5.67.